The molecule has 0 fully saturated rings. The third kappa shape index (κ3) is 4.41. The second-order valence-corrected chi connectivity index (χ2v) is 8.96. The van der Waals surface area contributed by atoms with Crippen LogP contribution in [0.2, 0.25) is 0 Å². The maximum absolute atomic E-state index is 13.6. The summed E-state index contributed by atoms with van der Waals surface area (Å²) in [4.78, 5) is 31.1. The number of rotatable bonds is 5. The first kappa shape index (κ1) is 22.5. The van der Waals surface area contributed by atoms with Crippen molar-refractivity contribution in [2.75, 3.05) is 10.6 Å². The van der Waals surface area contributed by atoms with Crippen molar-refractivity contribution >= 4 is 23.2 Å². The molecule has 0 bridgehead atoms. The molecule has 1 atom stereocenters. The van der Waals surface area contributed by atoms with Gasteiger partial charge in [-0.2, -0.15) is 0 Å². The molecule has 1 aliphatic heterocycles. The Bertz CT molecular complexity index is 1590. The smallest absolute Gasteiger partial charge is 0.257 e. The molecule has 37 heavy (non-hydrogen) atoms. The largest absolute Gasteiger partial charge is 0.370 e. The number of benzene rings is 3. The van der Waals surface area contributed by atoms with E-state index in [1.807, 2.05) is 85.1 Å². The molecule has 0 saturated carbocycles. The molecule has 1 amide bonds. The Morgan fingerprint density at radius 2 is 1.62 bits per heavy atom. The van der Waals surface area contributed by atoms with E-state index in [1.54, 1.807) is 18.2 Å². The fourth-order valence-electron chi connectivity index (χ4n) is 4.76. The number of Topliss-reactive ketones (excluding diaryl/α,β-unsaturated/α-hetero) is 1. The van der Waals surface area contributed by atoms with Crippen LogP contribution in [-0.2, 0) is 6.54 Å². The van der Waals surface area contributed by atoms with Crippen LogP contribution in [0, 0.1) is 0 Å². The van der Waals surface area contributed by atoms with Gasteiger partial charge in [0.1, 0.15) is 11.9 Å². The average Bonchev–Trinajstić information content (AvgIpc) is 3.34. The lowest BCUT2D eigenvalue weighted by atomic mass is 9.99. The van der Waals surface area contributed by atoms with Crippen LogP contribution in [0.25, 0.3) is 11.1 Å². The van der Waals surface area contributed by atoms with Gasteiger partial charge in [0.2, 0.25) is 0 Å². The molecule has 0 aliphatic carbocycles. The molecule has 6 heteroatoms. The topological polar surface area (TPSA) is 76.0 Å². The number of ketones is 1. The number of anilines is 2. The van der Waals surface area contributed by atoms with Crippen molar-refractivity contribution in [1.82, 2.24) is 9.55 Å². The average molecular weight is 485 g/mol. The van der Waals surface area contributed by atoms with E-state index >= 15 is 0 Å². The number of carbonyl (C=O) groups is 2. The highest BCUT2D eigenvalue weighted by Crippen LogP contribution is 2.31. The molecule has 3 aromatic carbocycles. The molecule has 0 saturated heterocycles. The molecule has 3 heterocycles. The van der Waals surface area contributed by atoms with Crippen molar-refractivity contribution in [2.24, 2.45) is 0 Å². The quantitative estimate of drug-likeness (QED) is 0.291. The minimum Gasteiger partial charge on any atom is -0.370 e. The summed E-state index contributed by atoms with van der Waals surface area (Å²) in [5.74, 6) is 0.0364. The van der Waals surface area contributed by atoms with Crippen molar-refractivity contribution in [3.05, 3.63) is 138 Å². The zero-order valence-corrected chi connectivity index (χ0v) is 20.0. The third-order valence-electron chi connectivity index (χ3n) is 6.63. The van der Waals surface area contributed by atoms with Crippen LogP contribution >= 0.6 is 0 Å². The number of hydrogen-bond donors (Lipinski definition) is 2. The monoisotopic (exact) mass is 484 g/mol. The van der Waals surface area contributed by atoms with E-state index in [0.717, 1.165) is 28.1 Å². The van der Waals surface area contributed by atoms with Gasteiger partial charge in [-0.25, -0.2) is 4.98 Å². The summed E-state index contributed by atoms with van der Waals surface area (Å²) in [6.45, 7) is 0.697. The number of amides is 1. The molecule has 6 nitrogen and oxygen atoms in total. The standard InChI is InChI=1S/C31H24N4O2/c36-30(29-27-15-8-18-35(27)20-23-11-4-7-14-26(23)33-29)22-16-17-28(32-19-22)34-31(37)25-13-6-5-12-24(25)21-9-2-1-3-10-21/h1-19,29,33H,20H2,(H,32,34,37). The Morgan fingerprint density at radius 1 is 0.838 bits per heavy atom. The summed E-state index contributed by atoms with van der Waals surface area (Å²) in [5, 5.41) is 6.29. The van der Waals surface area contributed by atoms with Crippen LogP contribution in [0.3, 0.4) is 0 Å². The Hall–Kier alpha value is -4.97. The molecule has 5 aromatic rings. The van der Waals surface area contributed by atoms with Gasteiger partial charge in [0.25, 0.3) is 5.91 Å². The van der Waals surface area contributed by atoms with E-state index in [1.165, 1.54) is 6.20 Å². The minimum atomic E-state index is -0.543. The molecular weight excluding hydrogens is 460 g/mol. The van der Waals surface area contributed by atoms with Gasteiger partial charge in [-0.3, -0.25) is 9.59 Å². The van der Waals surface area contributed by atoms with Gasteiger partial charge in [-0.15, -0.1) is 0 Å². The van der Waals surface area contributed by atoms with E-state index in [2.05, 4.69) is 26.3 Å². The van der Waals surface area contributed by atoms with Crippen LogP contribution in [0.1, 0.15) is 38.0 Å². The van der Waals surface area contributed by atoms with Gasteiger partial charge in [-0.1, -0.05) is 66.7 Å². The Labute approximate surface area is 214 Å². The molecule has 6 rings (SSSR count). The molecular formula is C31H24N4O2. The molecule has 1 aliphatic rings. The maximum atomic E-state index is 13.6. The summed E-state index contributed by atoms with van der Waals surface area (Å²) < 4.78 is 2.09. The molecule has 0 spiro atoms. The number of nitrogens with zero attached hydrogens (tertiary/aromatic N) is 2. The molecule has 0 radical (unpaired) electrons. The van der Waals surface area contributed by atoms with Gasteiger partial charge in [-0.05, 0) is 53.1 Å². The van der Waals surface area contributed by atoms with Crippen LogP contribution in [0.4, 0.5) is 11.5 Å². The number of pyridine rings is 1. The van der Waals surface area contributed by atoms with E-state index in [-0.39, 0.29) is 11.7 Å². The summed E-state index contributed by atoms with van der Waals surface area (Å²) in [6, 6.07) is 32.0. The van der Waals surface area contributed by atoms with Crippen molar-refractivity contribution in [3.8, 4) is 11.1 Å². The first-order chi connectivity index (χ1) is 18.2. The molecule has 1 unspecified atom stereocenters. The first-order valence-corrected chi connectivity index (χ1v) is 12.1. The SMILES string of the molecule is O=C(Nc1ccc(C(=O)C2Nc3ccccc3Cn3cccc32)cn1)c1ccccc1-c1ccccc1. The molecule has 2 N–H and O–H groups in total. The van der Waals surface area contributed by atoms with Gasteiger partial charge >= 0.3 is 0 Å². The number of aromatic nitrogens is 2. The van der Waals surface area contributed by atoms with Gasteiger partial charge < -0.3 is 15.2 Å². The Balaban J connectivity index is 1.23. The lowest BCUT2D eigenvalue weighted by Gasteiger charge is -2.18. The van der Waals surface area contributed by atoms with Crippen molar-refractivity contribution < 1.29 is 9.59 Å². The van der Waals surface area contributed by atoms with Crippen molar-refractivity contribution in [1.29, 1.82) is 0 Å². The van der Waals surface area contributed by atoms with E-state index in [0.29, 0.717) is 23.5 Å². The number of fused-ring (bicyclic) bond motifs is 2. The van der Waals surface area contributed by atoms with Crippen LogP contribution in [-0.4, -0.2) is 21.2 Å². The van der Waals surface area contributed by atoms with E-state index in [9.17, 15) is 9.59 Å². The summed E-state index contributed by atoms with van der Waals surface area (Å²) in [7, 11) is 0. The van der Waals surface area contributed by atoms with Crippen LogP contribution < -0.4 is 10.6 Å². The molecule has 180 valence electrons. The fourth-order valence-corrected chi connectivity index (χ4v) is 4.76. The van der Waals surface area contributed by atoms with E-state index in [4.69, 9.17) is 0 Å². The second kappa shape index (κ2) is 9.59. The zero-order chi connectivity index (χ0) is 25.2. The summed E-state index contributed by atoms with van der Waals surface area (Å²) in [6.07, 6.45) is 3.51. The lowest BCUT2D eigenvalue weighted by molar-refractivity contribution is 0.0966. The number of nitrogens with one attached hydrogen (secondary N) is 2. The highest BCUT2D eigenvalue weighted by atomic mass is 16.1. The van der Waals surface area contributed by atoms with Gasteiger partial charge in [0.05, 0.1) is 0 Å². The maximum Gasteiger partial charge on any atom is 0.257 e. The summed E-state index contributed by atoms with van der Waals surface area (Å²) in [5.41, 5.74) is 5.79. The molecule has 2 aromatic heterocycles. The normalized spacial score (nSPS) is 14.0. The van der Waals surface area contributed by atoms with Crippen molar-refractivity contribution in [2.45, 2.75) is 12.6 Å². The van der Waals surface area contributed by atoms with Crippen molar-refractivity contribution in [3.63, 3.8) is 0 Å². The zero-order valence-electron chi connectivity index (χ0n) is 20.0. The second-order valence-electron chi connectivity index (χ2n) is 8.96. The Morgan fingerprint density at radius 3 is 2.46 bits per heavy atom. The van der Waals surface area contributed by atoms with Crippen LogP contribution in [0.15, 0.2) is 116 Å². The number of para-hydroxylation sites is 1. The highest BCUT2D eigenvalue weighted by molar-refractivity contribution is 6.08. The summed E-state index contributed by atoms with van der Waals surface area (Å²) >= 11 is 0. The van der Waals surface area contributed by atoms with Gasteiger partial charge in [0.15, 0.2) is 5.78 Å². The Kier molecular flexibility index (Phi) is 5.83. The van der Waals surface area contributed by atoms with E-state index < -0.39 is 6.04 Å². The van der Waals surface area contributed by atoms with Crippen LogP contribution in [0.5, 0.6) is 0 Å². The predicted octanol–water partition coefficient (Wildman–Crippen LogP) is 6.20. The highest BCUT2D eigenvalue weighted by Gasteiger charge is 2.28. The fraction of sp³-hybridized carbons (Fsp3) is 0.0645. The third-order valence-corrected chi connectivity index (χ3v) is 6.63. The number of carbonyl (C=O) groups excluding carboxylic acids is 2. The predicted molar refractivity (Wildman–Crippen MR) is 145 cm³/mol. The lowest BCUT2D eigenvalue weighted by Crippen LogP contribution is -2.22. The van der Waals surface area contributed by atoms with Gasteiger partial charge in [0, 0.05) is 41.4 Å². The minimum absolute atomic E-state index is 0.0866. The number of hydrogen-bond acceptors (Lipinski definition) is 4. The first-order valence-electron chi connectivity index (χ1n) is 12.1.